The molecule has 2 aromatic carbocycles. The van der Waals surface area contributed by atoms with Crippen LogP contribution in [-0.4, -0.2) is 30.5 Å². The minimum atomic E-state index is -1.03. The summed E-state index contributed by atoms with van der Waals surface area (Å²) in [5, 5.41) is 11.5. The molecule has 1 fully saturated rings. The molecule has 1 saturated heterocycles. The first-order chi connectivity index (χ1) is 15.9. The smallest absolute Gasteiger partial charge is 0.300 e. The van der Waals surface area contributed by atoms with Gasteiger partial charge in [-0.25, -0.2) is 0 Å². The number of hydrogen-bond acceptors (Lipinski definition) is 6. The number of ketones is 1. The van der Waals surface area contributed by atoms with E-state index in [9.17, 15) is 14.7 Å². The second kappa shape index (κ2) is 9.03. The molecule has 1 aliphatic rings. The lowest BCUT2D eigenvalue weighted by molar-refractivity contribution is -0.132. The third kappa shape index (κ3) is 3.96. The van der Waals surface area contributed by atoms with Crippen LogP contribution >= 0.6 is 11.6 Å². The van der Waals surface area contributed by atoms with Crippen LogP contribution in [0.5, 0.6) is 11.5 Å². The summed E-state index contributed by atoms with van der Waals surface area (Å²) in [6.07, 6.45) is 0. The highest BCUT2D eigenvalue weighted by atomic mass is 35.5. The highest BCUT2D eigenvalue weighted by molar-refractivity contribution is 6.52. The van der Waals surface area contributed by atoms with Crippen molar-refractivity contribution in [2.24, 2.45) is 0 Å². The average Bonchev–Trinajstić information content (AvgIpc) is 3.35. The number of hydrogen-bond donors (Lipinski definition) is 1. The van der Waals surface area contributed by atoms with Crippen molar-refractivity contribution >= 4 is 34.7 Å². The van der Waals surface area contributed by atoms with Gasteiger partial charge in [-0.15, -0.1) is 0 Å². The third-order valence-corrected chi connectivity index (χ3v) is 5.65. The normalized spacial score (nSPS) is 17.5. The maximum atomic E-state index is 13.3. The van der Waals surface area contributed by atoms with Gasteiger partial charge in [0, 0.05) is 5.56 Å². The predicted molar refractivity (Wildman–Crippen MR) is 124 cm³/mol. The van der Waals surface area contributed by atoms with Crippen LogP contribution in [0.2, 0.25) is 5.02 Å². The Morgan fingerprint density at radius 2 is 1.91 bits per heavy atom. The first kappa shape index (κ1) is 22.5. The molecule has 1 aliphatic heterocycles. The molecule has 1 amide bonds. The number of aliphatic hydroxyl groups excluding tert-OH is 1. The summed E-state index contributed by atoms with van der Waals surface area (Å²) in [6, 6.07) is 13.9. The molecule has 2 heterocycles. The van der Waals surface area contributed by atoms with Gasteiger partial charge in [0.05, 0.1) is 30.0 Å². The Bertz CT molecular complexity index is 1260. The molecule has 33 heavy (non-hydrogen) atoms. The van der Waals surface area contributed by atoms with E-state index >= 15 is 0 Å². The predicted octanol–water partition coefficient (Wildman–Crippen LogP) is 5.28. The molecule has 7 nitrogen and oxygen atoms in total. The summed E-state index contributed by atoms with van der Waals surface area (Å²) in [7, 11) is 1.47. The summed E-state index contributed by atoms with van der Waals surface area (Å²) in [5.74, 6) is -0.344. The third-order valence-electron chi connectivity index (χ3n) is 5.32. The van der Waals surface area contributed by atoms with Gasteiger partial charge >= 0.3 is 0 Å². The van der Waals surface area contributed by atoms with Crippen LogP contribution < -0.4 is 14.4 Å². The number of halogens is 1. The molecule has 0 bridgehead atoms. The van der Waals surface area contributed by atoms with Crippen LogP contribution in [0, 0.1) is 6.92 Å². The number of para-hydroxylation sites is 2. The van der Waals surface area contributed by atoms with Gasteiger partial charge in [0.1, 0.15) is 34.8 Å². The molecule has 0 spiro atoms. The summed E-state index contributed by atoms with van der Waals surface area (Å²) < 4.78 is 16.7. The van der Waals surface area contributed by atoms with Gasteiger partial charge in [-0.05, 0) is 56.3 Å². The van der Waals surface area contributed by atoms with E-state index in [2.05, 4.69) is 0 Å². The van der Waals surface area contributed by atoms with Gasteiger partial charge in [0.25, 0.3) is 11.7 Å². The number of furan rings is 1. The van der Waals surface area contributed by atoms with Crippen molar-refractivity contribution in [2.75, 3.05) is 18.6 Å². The van der Waals surface area contributed by atoms with Crippen LogP contribution in [0.1, 0.15) is 30.0 Å². The summed E-state index contributed by atoms with van der Waals surface area (Å²) in [5.41, 5.74) is 0.402. The van der Waals surface area contributed by atoms with Crippen molar-refractivity contribution < 1.29 is 28.6 Å². The number of aryl methyl sites for hydroxylation is 1. The first-order valence-electron chi connectivity index (χ1n) is 10.3. The van der Waals surface area contributed by atoms with E-state index in [4.69, 9.17) is 25.5 Å². The van der Waals surface area contributed by atoms with Crippen LogP contribution in [0.15, 0.2) is 64.6 Å². The van der Waals surface area contributed by atoms with E-state index in [-0.39, 0.29) is 16.2 Å². The van der Waals surface area contributed by atoms with Crippen molar-refractivity contribution in [1.82, 2.24) is 0 Å². The number of nitrogens with zero attached hydrogens (tertiary/aromatic N) is 1. The Morgan fingerprint density at radius 1 is 1.15 bits per heavy atom. The fraction of sp³-hybridized carbons (Fsp3) is 0.200. The molecular weight excluding hydrogens is 446 g/mol. The second-order valence-corrected chi connectivity index (χ2v) is 7.77. The van der Waals surface area contributed by atoms with Gasteiger partial charge < -0.3 is 19.0 Å². The molecule has 8 heteroatoms. The number of benzene rings is 2. The van der Waals surface area contributed by atoms with E-state index < -0.39 is 23.5 Å². The summed E-state index contributed by atoms with van der Waals surface area (Å²) >= 11 is 6.35. The maximum Gasteiger partial charge on any atom is 0.300 e. The zero-order valence-corrected chi connectivity index (χ0v) is 19.1. The van der Waals surface area contributed by atoms with Gasteiger partial charge in [-0.1, -0.05) is 23.7 Å². The molecule has 0 aliphatic carbocycles. The van der Waals surface area contributed by atoms with Gasteiger partial charge in [0.2, 0.25) is 0 Å². The van der Waals surface area contributed by atoms with E-state index in [0.717, 1.165) is 0 Å². The average molecular weight is 468 g/mol. The first-order valence-corrected chi connectivity index (χ1v) is 10.7. The molecule has 1 N–H and O–H groups in total. The second-order valence-electron chi connectivity index (χ2n) is 7.36. The van der Waals surface area contributed by atoms with E-state index in [1.54, 1.807) is 55.5 Å². The zero-order valence-electron chi connectivity index (χ0n) is 18.3. The lowest BCUT2D eigenvalue weighted by atomic mass is 9.99. The molecule has 4 rings (SSSR count). The van der Waals surface area contributed by atoms with Gasteiger partial charge in [-0.2, -0.15) is 0 Å². The molecule has 1 aromatic heterocycles. The van der Waals surface area contributed by atoms with Gasteiger partial charge in [0.15, 0.2) is 0 Å². The Kier molecular flexibility index (Phi) is 6.16. The van der Waals surface area contributed by atoms with Crippen LogP contribution in [0.4, 0.5) is 5.69 Å². The molecule has 170 valence electrons. The Balaban J connectivity index is 1.96. The van der Waals surface area contributed by atoms with E-state index in [0.29, 0.717) is 35.3 Å². The quantitative estimate of drug-likeness (QED) is 0.301. The number of carbonyl (C=O) groups is 2. The monoisotopic (exact) mass is 467 g/mol. The van der Waals surface area contributed by atoms with Crippen molar-refractivity contribution in [2.45, 2.75) is 19.9 Å². The number of anilines is 1. The number of amides is 1. The van der Waals surface area contributed by atoms with Gasteiger partial charge in [-0.3, -0.25) is 14.5 Å². The van der Waals surface area contributed by atoms with E-state index in [1.165, 1.54) is 18.1 Å². The highest BCUT2D eigenvalue weighted by Crippen LogP contribution is 2.46. The topological polar surface area (TPSA) is 89.2 Å². The number of Topliss-reactive ketones (excluding diaryl/α,β-unsaturated/α-hetero) is 1. The molecule has 1 unspecified atom stereocenters. The minimum Gasteiger partial charge on any atom is -0.507 e. The Labute approximate surface area is 195 Å². The number of rotatable bonds is 6. The lowest BCUT2D eigenvalue weighted by Crippen LogP contribution is -2.29. The summed E-state index contributed by atoms with van der Waals surface area (Å²) in [4.78, 5) is 27.8. The maximum absolute atomic E-state index is 13.3. The summed E-state index contributed by atoms with van der Waals surface area (Å²) in [6.45, 7) is 3.99. The van der Waals surface area contributed by atoms with Crippen LogP contribution in [0.3, 0.4) is 0 Å². The van der Waals surface area contributed by atoms with Crippen LogP contribution in [0.25, 0.3) is 5.76 Å². The molecule has 3 aromatic rings. The number of methoxy groups -OCH3 is 1. The number of aliphatic hydroxyl groups is 1. The molecular formula is C25H22ClNO6. The number of carbonyl (C=O) groups excluding carboxylic acids is 2. The van der Waals surface area contributed by atoms with Crippen molar-refractivity contribution in [3.05, 3.63) is 82.3 Å². The Morgan fingerprint density at radius 3 is 2.58 bits per heavy atom. The molecule has 0 saturated carbocycles. The standard InChI is InChI=1S/C25H22ClNO6/c1-4-32-15-10-11-17(26)16(13-15)23(28)21-22(20-12-9-14(2)33-20)27(25(30)24(21)29)18-7-5-6-8-19(18)31-3/h5-13,22,28H,4H2,1-3H3/b23-21+. The SMILES string of the molecule is CCOc1ccc(Cl)c(/C(O)=C2\C(=O)C(=O)N(c3ccccc3OC)C2c2ccc(C)o2)c1. The highest BCUT2D eigenvalue weighted by Gasteiger charge is 2.49. The van der Waals surface area contributed by atoms with Crippen molar-refractivity contribution in [3.8, 4) is 11.5 Å². The molecule has 0 radical (unpaired) electrons. The van der Waals surface area contributed by atoms with Crippen molar-refractivity contribution in [1.29, 1.82) is 0 Å². The largest absolute Gasteiger partial charge is 0.507 e. The minimum absolute atomic E-state index is 0.143. The lowest BCUT2D eigenvalue weighted by Gasteiger charge is -2.25. The fourth-order valence-corrected chi connectivity index (χ4v) is 4.07. The van der Waals surface area contributed by atoms with Crippen LogP contribution in [-0.2, 0) is 9.59 Å². The van der Waals surface area contributed by atoms with Crippen molar-refractivity contribution in [3.63, 3.8) is 0 Å². The number of ether oxygens (including phenoxy) is 2. The fourth-order valence-electron chi connectivity index (χ4n) is 3.87. The van der Waals surface area contributed by atoms with E-state index in [1.807, 2.05) is 6.92 Å². The zero-order chi connectivity index (χ0) is 23.7. The molecule has 1 atom stereocenters. The Hall–Kier alpha value is -3.71.